The lowest BCUT2D eigenvalue weighted by atomic mass is 10.1. The first-order valence-electron chi connectivity index (χ1n) is 7.70. The third kappa shape index (κ3) is 6.60. The zero-order valence-electron chi connectivity index (χ0n) is 15.1. The van der Waals surface area contributed by atoms with E-state index in [1.807, 2.05) is 0 Å². The molecule has 1 amide bonds. The Hall–Kier alpha value is -2.27. The molecule has 2 N–H and O–H groups in total. The molecule has 0 aromatic heterocycles. The molecular weight excluding hydrogens is 478 g/mol. The fraction of sp³-hybridized carbons (Fsp3) is 0.571. The van der Waals surface area contributed by atoms with Gasteiger partial charge in [-0.3, -0.25) is 9.35 Å². The van der Waals surface area contributed by atoms with Gasteiger partial charge in [-0.15, -0.1) is 0 Å². The van der Waals surface area contributed by atoms with Crippen molar-refractivity contribution in [2.75, 3.05) is 6.61 Å². The van der Waals surface area contributed by atoms with Crippen molar-refractivity contribution in [1.29, 1.82) is 0 Å². The first-order valence-corrected chi connectivity index (χ1v) is 9.14. The van der Waals surface area contributed by atoms with E-state index < -0.39 is 76.8 Å². The molecule has 17 heteroatoms. The van der Waals surface area contributed by atoms with Gasteiger partial charge in [0.05, 0.1) is 6.61 Å². The minimum atomic E-state index is -6.51. The van der Waals surface area contributed by atoms with Gasteiger partial charge in [-0.05, 0) is 19.0 Å². The minimum absolute atomic E-state index is 0.405. The average Bonchev–Trinajstić information content (AvgIpc) is 2.57. The lowest BCUT2D eigenvalue weighted by Crippen LogP contribution is -2.60. The molecule has 0 spiro atoms. The monoisotopic (exact) mass is 493 g/mol. The summed E-state index contributed by atoms with van der Waals surface area (Å²) in [7, 11) is -6.51. The maximum absolute atomic E-state index is 13.4. The lowest BCUT2D eigenvalue weighted by molar-refractivity contribution is -0.347. The summed E-state index contributed by atoms with van der Waals surface area (Å²) in [4.78, 5) is 23.0. The quantitative estimate of drug-likeness (QED) is 0.107. The molecule has 0 radical (unpaired) electrons. The fourth-order valence-corrected chi connectivity index (χ4v) is 2.26. The van der Waals surface area contributed by atoms with Gasteiger partial charge < -0.3 is 14.8 Å². The summed E-state index contributed by atoms with van der Waals surface area (Å²) in [6.45, 7) is 3.90. The second-order valence-electron chi connectivity index (χ2n) is 5.59. The van der Waals surface area contributed by atoms with Gasteiger partial charge in [0.15, 0.2) is 0 Å². The number of unbranched alkanes of at least 4 members (excludes halogenated alkanes) is 1. The molecule has 0 heterocycles. The number of alkyl halides is 7. The number of amides is 1. The van der Waals surface area contributed by atoms with Crippen molar-refractivity contribution < 1.29 is 67.2 Å². The van der Waals surface area contributed by atoms with Crippen molar-refractivity contribution >= 4 is 22.0 Å². The van der Waals surface area contributed by atoms with Crippen LogP contribution in [0.2, 0.25) is 0 Å². The molecule has 0 aliphatic rings. The Morgan fingerprint density at radius 2 is 1.58 bits per heavy atom. The molecule has 1 atom stereocenters. The Morgan fingerprint density at radius 3 is 1.97 bits per heavy atom. The first-order chi connectivity index (χ1) is 13.8. The Balaban J connectivity index is 5.46. The van der Waals surface area contributed by atoms with Crippen molar-refractivity contribution in [2.45, 2.75) is 42.4 Å². The van der Waals surface area contributed by atoms with Crippen LogP contribution in [0.5, 0.6) is 0 Å². The van der Waals surface area contributed by atoms with Crippen LogP contribution in [-0.2, 0) is 29.2 Å². The molecule has 8 nitrogen and oxygen atoms in total. The van der Waals surface area contributed by atoms with Crippen molar-refractivity contribution in [1.82, 2.24) is 5.32 Å². The van der Waals surface area contributed by atoms with Crippen LogP contribution in [0.4, 0.5) is 35.1 Å². The van der Waals surface area contributed by atoms with Gasteiger partial charge in [0.2, 0.25) is 5.83 Å². The number of esters is 1. The molecule has 0 fully saturated rings. The summed E-state index contributed by atoms with van der Waals surface area (Å²) < 4.78 is 142. The number of rotatable bonds is 12. The number of ether oxygens (including phenoxy) is 2. The topological polar surface area (TPSA) is 119 Å². The largest absolute Gasteiger partial charge is 0.466 e. The summed E-state index contributed by atoms with van der Waals surface area (Å²) in [5.41, 5.74) is 0. The molecule has 0 aromatic rings. The standard InChI is InChI=1S/C14H15F8NO7S/c1-3-23-10(25)12(13(18,19)20,30-9(24)8(2)15)29-7-5-4-6-11(16,17)14(21,22)31(26,27)28/h3H,1-2,4-7H2,(H,23,25)(H,26,27,28). The maximum Gasteiger partial charge on any atom is 0.466 e. The summed E-state index contributed by atoms with van der Waals surface area (Å²) in [5, 5.41) is -4.52. The number of halogens is 8. The Bertz CT molecular complexity index is 812. The van der Waals surface area contributed by atoms with Crippen molar-refractivity contribution in [3.05, 3.63) is 25.2 Å². The van der Waals surface area contributed by atoms with E-state index in [0.29, 0.717) is 6.20 Å². The van der Waals surface area contributed by atoms with Crippen LogP contribution in [-0.4, -0.2) is 54.6 Å². The maximum atomic E-state index is 13.4. The first kappa shape index (κ1) is 28.7. The molecule has 0 aliphatic carbocycles. The number of carbonyl (C=O) groups excluding carboxylic acids is 2. The molecule has 31 heavy (non-hydrogen) atoms. The highest BCUT2D eigenvalue weighted by Crippen LogP contribution is 2.42. The van der Waals surface area contributed by atoms with Gasteiger partial charge in [0.1, 0.15) is 0 Å². The number of carbonyl (C=O) groups is 2. The molecule has 0 aromatic carbocycles. The smallest absolute Gasteiger partial charge is 0.410 e. The van der Waals surface area contributed by atoms with E-state index in [1.54, 1.807) is 0 Å². The number of nitrogens with one attached hydrogen (secondary N) is 1. The van der Waals surface area contributed by atoms with Crippen molar-refractivity contribution in [2.24, 2.45) is 0 Å². The Labute approximate surface area is 169 Å². The zero-order chi connectivity index (χ0) is 24.9. The van der Waals surface area contributed by atoms with Gasteiger partial charge in [0, 0.05) is 6.42 Å². The van der Waals surface area contributed by atoms with Crippen molar-refractivity contribution in [3.8, 4) is 0 Å². The van der Waals surface area contributed by atoms with Gasteiger partial charge in [-0.1, -0.05) is 13.2 Å². The van der Waals surface area contributed by atoms with Crippen LogP contribution < -0.4 is 5.32 Å². The van der Waals surface area contributed by atoms with E-state index in [9.17, 15) is 53.1 Å². The molecule has 0 saturated heterocycles. The highest BCUT2D eigenvalue weighted by molar-refractivity contribution is 7.87. The molecule has 0 saturated carbocycles. The SMILES string of the molecule is C=CNC(=O)C(OCCCCC(F)(F)C(F)(F)S(=O)(=O)O)(OC(=O)C(=C)F)C(F)(F)F. The number of hydrogen-bond donors (Lipinski definition) is 2. The highest BCUT2D eigenvalue weighted by atomic mass is 32.2. The van der Waals surface area contributed by atoms with Crippen molar-refractivity contribution in [3.63, 3.8) is 0 Å². The second-order valence-corrected chi connectivity index (χ2v) is 7.05. The third-order valence-electron chi connectivity index (χ3n) is 3.30. The van der Waals surface area contributed by atoms with E-state index >= 15 is 0 Å². The van der Waals surface area contributed by atoms with Gasteiger partial charge >= 0.3 is 45.1 Å². The molecular formula is C14H15F8NO7S. The Kier molecular flexibility index (Phi) is 9.18. The van der Waals surface area contributed by atoms with E-state index in [1.165, 1.54) is 5.32 Å². The predicted molar refractivity (Wildman–Crippen MR) is 84.7 cm³/mol. The van der Waals surface area contributed by atoms with E-state index in [0.717, 1.165) is 0 Å². The lowest BCUT2D eigenvalue weighted by Gasteiger charge is -2.32. The van der Waals surface area contributed by atoms with Gasteiger partial charge in [-0.2, -0.15) is 43.5 Å². The van der Waals surface area contributed by atoms with E-state index in [2.05, 4.69) is 22.6 Å². The summed E-state index contributed by atoms with van der Waals surface area (Å²) >= 11 is 0. The molecule has 0 aliphatic heterocycles. The third-order valence-corrected chi connectivity index (χ3v) is 4.25. The number of hydrogen-bond acceptors (Lipinski definition) is 6. The molecule has 180 valence electrons. The van der Waals surface area contributed by atoms with E-state index in [4.69, 9.17) is 4.55 Å². The molecule has 0 bridgehead atoms. The van der Waals surface area contributed by atoms with Crippen LogP contribution in [0, 0.1) is 0 Å². The summed E-state index contributed by atoms with van der Waals surface area (Å²) in [5.74, 6) is -16.5. The predicted octanol–water partition coefficient (Wildman–Crippen LogP) is 2.83. The zero-order valence-corrected chi connectivity index (χ0v) is 16.0. The van der Waals surface area contributed by atoms with Crippen LogP contribution in [0.15, 0.2) is 25.2 Å². The average molecular weight is 493 g/mol. The van der Waals surface area contributed by atoms with Gasteiger partial charge in [0.25, 0.3) is 0 Å². The molecule has 0 rings (SSSR count). The minimum Gasteiger partial charge on any atom is -0.410 e. The van der Waals surface area contributed by atoms with Crippen LogP contribution in [0.25, 0.3) is 0 Å². The van der Waals surface area contributed by atoms with Crippen LogP contribution in [0.1, 0.15) is 19.3 Å². The molecule has 1 unspecified atom stereocenters. The summed E-state index contributed by atoms with van der Waals surface area (Å²) in [6.07, 6.45) is -9.44. The summed E-state index contributed by atoms with van der Waals surface area (Å²) in [6, 6.07) is 0. The Morgan fingerprint density at radius 1 is 1.06 bits per heavy atom. The highest BCUT2D eigenvalue weighted by Gasteiger charge is 2.67. The van der Waals surface area contributed by atoms with E-state index in [-0.39, 0.29) is 0 Å². The fourth-order valence-electron chi connectivity index (χ4n) is 1.78. The second kappa shape index (κ2) is 9.90. The normalized spacial score (nSPS) is 15.0. The van der Waals surface area contributed by atoms with Crippen LogP contribution >= 0.6 is 0 Å². The van der Waals surface area contributed by atoms with Crippen LogP contribution in [0.3, 0.4) is 0 Å². The van der Waals surface area contributed by atoms with Gasteiger partial charge in [-0.25, -0.2) is 4.79 Å².